The smallest absolute Gasteiger partial charge is 0.279 e. The molecule has 2 atom stereocenters. The minimum Gasteiger partial charge on any atom is -0.314 e. The van der Waals surface area contributed by atoms with Gasteiger partial charge >= 0.3 is 0 Å². The zero-order valence-corrected chi connectivity index (χ0v) is 12.9. The minimum absolute atomic E-state index is 0.0227. The molecule has 5 nitrogen and oxygen atoms in total. The lowest BCUT2D eigenvalue weighted by Crippen LogP contribution is -2.49. The van der Waals surface area contributed by atoms with Crippen LogP contribution in [0.4, 0.5) is 0 Å². The second-order valence-electron chi connectivity index (χ2n) is 5.44. The Kier molecular flexibility index (Phi) is 5.15. The van der Waals surface area contributed by atoms with Crippen molar-refractivity contribution in [2.75, 3.05) is 13.6 Å². The van der Waals surface area contributed by atoms with Crippen molar-refractivity contribution < 1.29 is 8.42 Å². The highest BCUT2D eigenvalue weighted by Crippen LogP contribution is 2.12. The first-order valence-corrected chi connectivity index (χ1v) is 8.42. The predicted octanol–water partition coefficient (Wildman–Crippen LogP) is 1.09. The highest BCUT2D eigenvalue weighted by molar-refractivity contribution is 7.87. The number of nitrogens with one attached hydrogen (secondary N) is 2. The van der Waals surface area contributed by atoms with Gasteiger partial charge in [-0.1, -0.05) is 30.3 Å². The van der Waals surface area contributed by atoms with Gasteiger partial charge in [0.15, 0.2) is 0 Å². The van der Waals surface area contributed by atoms with Crippen LogP contribution in [0, 0.1) is 0 Å². The van der Waals surface area contributed by atoms with Gasteiger partial charge in [-0.25, -0.2) is 0 Å². The van der Waals surface area contributed by atoms with Gasteiger partial charge in [-0.05, 0) is 31.9 Å². The van der Waals surface area contributed by atoms with Crippen LogP contribution in [-0.2, 0) is 16.8 Å². The number of nitrogens with zero attached hydrogens (tertiary/aromatic N) is 1. The summed E-state index contributed by atoms with van der Waals surface area (Å²) in [5.74, 6) is 0. The Morgan fingerprint density at radius 3 is 2.70 bits per heavy atom. The van der Waals surface area contributed by atoms with Crippen molar-refractivity contribution in [2.45, 2.75) is 38.4 Å². The minimum atomic E-state index is -3.43. The van der Waals surface area contributed by atoms with Crippen LogP contribution in [0.2, 0.25) is 0 Å². The topological polar surface area (TPSA) is 61.4 Å². The molecule has 1 aromatic carbocycles. The van der Waals surface area contributed by atoms with Crippen molar-refractivity contribution in [3.8, 4) is 0 Å². The van der Waals surface area contributed by atoms with Gasteiger partial charge in [0.1, 0.15) is 0 Å². The molecule has 1 aliphatic rings. The lowest BCUT2D eigenvalue weighted by molar-refractivity contribution is 0.351. The fourth-order valence-corrected chi connectivity index (χ4v) is 3.60. The van der Waals surface area contributed by atoms with E-state index in [-0.39, 0.29) is 6.04 Å². The van der Waals surface area contributed by atoms with Gasteiger partial charge < -0.3 is 5.32 Å². The van der Waals surface area contributed by atoms with Gasteiger partial charge in [0.2, 0.25) is 0 Å². The van der Waals surface area contributed by atoms with E-state index < -0.39 is 10.2 Å². The summed E-state index contributed by atoms with van der Waals surface area (Å²) in [6.07, 6.45) is 1.67. The molecule has 1 aliphatic heterocycles. The zero-order valence-electron chi connectivity index (χ0n) is 12.0. The SMILES string of the molecule is CC1CC(NS(=O)(=O)N(C)Cc2ccccc2)CCN1. The molecule has 0 amide bonds. The van der Waals surface area contributed by atoms with Gasteiger partial charge in [-0.2, -0.15) is 17.4 Å². The highest BCUT2D eigenvalue weighted by atomic mass is 32.2. The van der Waals surface area contributed by atoms with Gasteiger partial charge in [-0.3, -0.25) is 0 Å². The first-order chi connectivity index (χ1) is 9.47. The summed E-state index contributed by atoms with van der Waals surface area (Å²) >= 11 is 0. The van der Waals surface area contributed by atoms with E-state index in [1.165, 1.54) is 4.31 Å². The second-order valence-corrected chi connectivity index (χ2v) is 7.25. The van der Waals surface area contributed by atoms with Crippen molar-refractivity contribution in [3.63, 3.8) is 0 Å². The van der Waals surface area contributed by atoms with Crippen molar-refractivity contribution in [2.24, 2.45) is 0 Å². The van der Waals surface area contributed by atoms with Crippen LogP contribution in [0.3, 0.4) is 0 Å². The normalized spacial score (nSPS) is 23.9. The van der Waals surface area contributed by atoms with E-state index in [1.807, 2.05) is 30.3 Å². The van der Waals surface area contributed by atoms with Gasteiger partial charge in [0, 0.05) is 25.7 Å². The Bertz CT molecular complexity index is 518. The first kappa shape index (κ1) is 15.4. The van der Waals surface area contributed by atoms with Crippen LogP contribution in [0.25, 0.3) is 0 Å². The molecule has 112 valence electrons. The molecule has 1 saturated heterocycles. The Morgan fingerprint density at radius 1 is 1.35 bits per heavy atom. The maximum Gasteiger partial charge on any atom is 0.279 e. The Hall–Kier alpha value is -0.950. The summed E-state index contributed by atoms with van der Waals surface area (Å²) in [6.45, 7) is 3.32. The van der Waals surface area contributed by atoms with E-state index >= 15 is 0 Å². The van der Waals surface area contributed by atoms with Crippen LogP contribution in [0.5, 0.6) is 0 Å². The second kappa shape index (κ2) is 6.67. The average Bonchev–Trinajstić information content (AvgIpc) is 2.39. The van der Waals surface area contributed by atoms with Crippen LogP contribution in [-0.4, -0.2) is 38.4 Å². The number of hydrogen-bond acceptors (Lipinski definition) is 3. The molecular formula is C14H23N3O2S. The lowest BCUT2D eigenvalue weighted by Gasteiger charge is -2.30. The van der Waals surface area contributed by atoms with Crippen LogP contribution in [0.15, 0.2) is 30.3 Å². The molecule has 1 heterocycles. The summed E-state index contributed by atoms with van der Waals surface area (Å²) < 4.78 is 28.8. The summed E-state index contributed by atoms with van der Waals surface area (Å²) in [7, 11) is -1.82. The summed E-state index contributed by atoms with van der Waals surface area (Å²) in [6, 6.07) is 9.99. The molecule has 0 spiro atoms. The summed E-state index contributed by atoms with van der Waals surface area (Å²) in [5.41, 5.74) is 0.985. The quantitative estimate of drug-likeness (QED) is 0.855. The summed E-state index contributed by atoms with van der Waals surface area (Å²) in [4.78, 5) is 0. The molecule has 2 rings (SSSR count). The molecule has 20 heavy (non-hydrogen) atoms. The number of hydrogen-bond donors (Lipinski definition) is 2. The molecule has 6 heteroatoms. The van der Waals surface area contributed by atoms with E-state index in [0.717, 1.165) is 24.9 Å². The van der Waals surface area contributed by atoms with Crippen LogP contribution >= 0.6 is 0 Å². The van der Waals surface area contributed by atoms with E-state index in [4.69, 9.17) is 0 Å². The molecule has 0 saturated carbocycles. The van der Waals surface area contributed by atoms with Crippen molar-refractivity contribution in [1.29, 1.82) is 0 Å². The standard InChI is InChI=1S/C14H23N3O2S/c1-12-10-14(8-9-15-12)16-20(18,19)17(2)11-13-6-4-3-5-7-13/h3-7,12,14-16H,8-11H2,1-2H3. The largest absolute Gasteiger partial charge is 0.314 e. The third kappa shape index (κ3) is 4.28. The fourth-order valence-electron chi connectivity index (χ4n) is 2.47. The van der Waals surface area contributed by atoms with Gasteiger partial charge in [-0.15, -0.1) is 0 Å². The van der Waals surface area contributed by atoms with Gasteiger partial charge in [0.05, 0.1) is 0 Å². The summed E-state index contributed by atoms with van der Waals surface area (Å²) in [5, 5.41) is 3.32. The fraction of sp³-hybridized carbons (Fsp3) is 0.571. The lowest BCUT2D eigenvalue weighted by atomic mass is 10.0. The number of rotatable bonds is 5. The molecule has 2 unspecified atom stereocenters. The molecule has 0 bridgehead atoms. The van der Waals surface area contributed by atoms with Crippen molar-refractivity contribution >= 4 is 10.2 Å². The maximum atomic E-state index is 12.3. The Balaban J connectivity index is 1.95. The van der Waals surface area contributed by atoms with Crippen LogP contribution in [0.1, 0.15) is 25.3 Å². The van der Waals surface area contributed by atoms with Crippen molar-refractivity contribution in [1.82, 2.24) is 14.3 Å². The number of benzene rings is 1. The molecule has 0 aliphatic carbocycles. The Morgan fingerprint density at radius 2 is 2.05 bits per heavy atom. The monoisotopic (exact) mass is 297 g/mol. The van der Waals surface area contributed by atoms with E-state index in [1.54, 1.807) is 7.05 Å². The van der Waals surface area contributed by atoms with Crippen molar-refractivity contribution in [3.05, 3.63) is 35.9 Å². The van der Waals surface area contributed by atoms with Gasteiger partial charge in [0.25, 0.3) is 10.2 Å². The number of piperidine rings is 1. The van der Waals surface area contributed by atoms with Crippen LogP contribution < -0.4 is 10.0 Å². The molecular weight excluding hydrogens is 274 g/mol. The predicted molar refractivity (Wildman–Crippen MR) is 80.5 cm³/mol. The first-order valence-electron chi connectivity index (χ1n) is 6.98. The van der Waals surface area contributed by atoms with E-state index in [0.29, 0.717) is 12.6 Å². The van der Waals surface area contributed by atoms with E-state index in [2.05, 4.69) is 17.0 Å². The zero-order chi connectivity index (χ0) is 14.6. The molecule has 0 aromatic heterocycles. The molecule has 1 fully saturated rings. The average molecular weight is 297 g/mol. The highest BCUT2D eigenvalue weighted by Gasteiger charge is 2.25. The molecule has 1 aromatic rings. The third-order valence-corrected chi connectivity index (χ3v) is 5.18. The van der Waals surface area contributed by atoms with E-state index in [9.17, 15) is 8.42 Å². The third-order valence-electron chi connectivity index (χ3n) is 3.60. The maximum absolute atomic E-state index is 12.3. The molecule has 0 radical (unpaired) electrons. The Labute approximate surface area is 121 Å². The molecule has 2 N–H and O–H groups in total.